The summed E-state index contributed by atoms with van der Waals surface area (Å²) in [6, 6.07) is 0. The van der Waals surface area contributed by atoms with Crippen LogP contribution < -0.4 is 50.0 Å². The average Bonchev–Trinajstić information content (AvgIpc) is 2.43. The van der Waals surface area contributed by atoms with Gasteiger partial charge in [0.25, 0.3) is 5.97 Å². The van der Waals surface area contributed by atoms with Gasteiger partial charge in [-0.25, -0.2) is 0 Å². The number of rotatable bonds is 6. The van der Waals surface area contributed by atoms with Crippen molar-refractivity contribution in [3.05, 3.63) is 0 Å². The minimum absolute atomic E-state index is 0. The van der Waals surface area contributed by atoms with Crippen LogP contribution in [0.5, 0.6) is 0 Å². The van der Waals surface area contributed by atoms with E-state index in [0.29, 0.717) is 0 Å². The number of carbonyl (C=O) groups excluding carboxylic acids is 4. The largest absolute Gasteiger partial charge is 3.00 e. The molecule has 4 unspecified atom stereocenters. The van der Waals surface area contributed by atoms with Gasteiger partial charge in [0.15, 0.2) is 0 Å². The van der Waals surface area contributed by atoms with Gasteiger partial charge in [-0.05, 0) is 0 Å². The average molecular weight is 406 g/mol. The summed E-state index contributed by atoms with van der Waals surface area (Å²) >= 11 is 0. The number of carbonyl (C=O) groups is 5. The van der Waals surface area contributed by atoms with E-state index in [1.54, 1.807) is 0 Å². The van der Waals surface area contributed by atoms with Crippen molar-refractivity contribution in [2.75, 3.05) is 0 Å². The fraction of sp³-hybridized carbons (Fsp3) is 0.500. The number of hydrogen-bond donors (Lipinski definition) is 5. The topological polar surface area (TPSA) is 279 Å². The molecule has 0 rings (SSSR count). The summed E-state index contributed by atoms with van der Waals surface area (Å²) in [7, 11) is 0. The van der Waals surface area contributed by atoms with Crippen LogP contribution in [-0.4, -0.2) is 97.2 Å². The van der Waals surface area contributed by atoms with E-state index in [4.69, 9.17) is 30.3 Å². The van der Waals surface area contributed by atoms with Gasteiger partial charge in [-0.1, -0.05) is 0 Å². The molecule has 140 valence electrons. The minimum Gasteiger partial charge on any atom is -0.547 e. The van der Waals surface area contributed by atoms with Crippen LogP contribution in [0.25, 0.3) is 0 Å². The number of carboxylic acids is 5. The predicted molar refractivity (Wildman–Crippen MR) is 63.1 cm³/mol. The van der Waals surface area contributed by atoms with Gasteiger partial charge in [0.05, 0.1) is 23.9 Å². The maximum absolute atomic E-state index is 9.63. The second kappa shape index (κ2) is 18.5. The van der Waals surface area contributed by atoms with Crippen LogP contribution in [0.4, 0.5) is 0 Å². The van der Waals surface area contributed by atoms with Gasteiger partial charge in [0.2, 0.25) is 0 Å². The summed E-state index contributed by atoms with van der Waals surface area (Å²) in [5.41, 5.74) is 0. The molecule has 0 spiro atoms. The van der Waals surface area contributed by atoms with E-state index in [1.165, 1.54) is 0 Å². The van der Waals surface area contributed by atoms with Crippen LogP contribution in [0.1, 0.15) is 6.92 Å². The molecule has 0 aliphatic rings. The van der Waals surface area contributed by atoms with E-state index in [-0.39, 0.29) is 46.9 Å². The predicted octanol–water partition coefficient (Wildman–Crippen LogP) is -12.9. The summed E-state index contributed by atoms with van der Waals surface area (Å²) in [5, 5.41) is 78.9. The van der Waals surface area contributed by atoms with Crippen molar-refractivity contribution < 1.29 is 99.5 Å². The molecule has 4 atom stereocenters. The maximum Gasteiger partial charge on any atom is 3.00 e. The summed E-state index contributed by atoms with van der Waals surface area (Å²) in [6.45, 7) is 1.08. The monoisotopic (exact) mass is 406 g/mol. The third kappa shape index (κ3) is 20.8. The molecule has 16 heteroatoms. The first-order valence-corrected chi connectivity index (χ1v) is 5.41. The Morgan fingerprint density at radius 2 is 0.692 bits per heavy atom. The molecule has 0 fully saturated rings. The number of aliphatic carboxylic acids is 5. The Kier molecular flexibility index (Phi) is 25.5. The zero-order valence-electron chi connectivity index (χ0n) is 13.3. The fourth-order valence-electron chi connectivity index (χ4n) is 0.516. The molecule has 0 saturated heterocycles. The standard InChI is InChI=1S/2C4H6O6.C2H4O2.Al.Na/c2*5-1(3(7)8)2(6)4(9)10;1-2(3)4;;/h2*1-2,5-6H,(H,7,8)(H,9,10);1H3,(H,3,4);;/q;;;+3;+1/p-4. The molecule has 0 aromatic rings. The first-order chi connectivity index (χ1) is 10.7. The van der Waals surface area contributed by atoms with Crippen LogP contribution >= 0.6 is 0 Å². The zero-order chi connectivity index (χ0) is 20.2. The van der Waals surface area contributed by atoms with Gasteiger partial charge < -0.3 is 65.1 Å². The van der Waals surface area contributed by atoms with E-state index in [9.17, 15) is 39.6 Å². The summed E-state index contributed by atoms with van der Waals surface area (Å²) < 4.78 is 0. The van der Waals surface area contributed by atoms with Gasteiger partial charge in [-0.15, -0.1) is 0 Å². The number of carboxylic acid groups (broad SMARTS) is 5. The molecule has 0 aliphatic heterocycles. The van der Waals surface area contributed by atoms with Crippen molar-refractivity contribution in [1.82, 2.24) is 0 Å². The van der Waals surface area contributed by atoms with Crippen LogP contribution in [-0.2, 0) is 24.0 Å². The Morgan fingerprint density at radius 3 is 0.731 bits per heavy atom. The molecule has 0 saturated carbocycles. The molecule has 0 amide bonds. The van der Waals surface area contributed by atoms with Crippen molar-refractivity contribution in [2.24, 2.45) is 0 Å². The van der Waals surface area contributed by atoms with Crippen LogP contribution in [0.3, 0.4) is 0 Å². The van der Waals surface area contributed by atoms with Crippen LogP contribution in [0, 0.1) is 0 Å². The third-order valence-corrected chi connectivity index (χ3v) is 1.56. The van der Waals surface area contributed by atoms with Crippen LogP contribution in [0.2, 0.25) is 0 Å². The Balaban J connectivity index is -0.0000000883. The minimum atomic E-state index is -2.44. The Bertz CT molecular complexity index is 393. The Hall–Kier alpha value is -1.28. The first kappa shape index (κ1) is 35.8. The van der Waals surface area contributed by atoms with E-state index < -0.39 is 54.3 Å². The van der Waals surface area contributed by atoms with Gasteiger partial charge in [-0.2, -0.15) is 0 Å². The molecule has 0 heterocycles. The van der Waals surface area contributed by atoms with E-state index in [2.05, 4.69) is 0 Å². The molecule has 0 aromatic carbocycles. The zero-order valence-corrected chi connectivity index (χ0v) is 16.5. The molecule has 0 radical (unpaired) electrons. The number of aliphatic hydroxyl groups is 4. The van der Waals surface area contributed by atoms with Gasteiger partial charge in [0, 0.05) is 6.92 Å². The summed E-state index contributed by atoms with van der Waals surface area (Å²) in [5.74, 6) is -9.07. The van der Waals surface area contributed by atoms with Crippen molar-refractivity contribution in [3.63, 3.8) is 0 Å². The van der Waals surface area contributed by atoms with Crippen molar-refractivity contribution in [2.45, 2.75) is 31.3 Å². The van der Waals surface area contributed by atoms with E-state index >= 15 is 0 Å². The SMILES string of the molecule is CC(=O)O.O=C([O-])C(O)C(O)C(=O)[O-].O=C([O-])C(O)C(O)C(=O)[O-].[Al+3].[Na+]. The molecule has 26 heavy (non-hydrogen) atoms. The van der Waals surface area contributed by atoms with Crippen LogP contribution in [0.15, 0.2) is 0 Å². The number of hydrogen-bond acceptors (Lipinski definition) is 13. The van der Waals surface area contributed by atoms with Gasteiger partial charge in [0.1, 0.15) is 24.4 Å². The molecule has 0 aromatic heterocycles. The second-order valence-corrected chi connectivity index (χ2v) is 3.57. The normalized spacial score (nSPS) is 13.1. The summed E-state index contributed by atoms with van der Waals surface area (Å²) in [6.07, 6.45) is -9.76. The molecule has 5 N–H and O–H groups in total. The van der Waals surface area contributed by atoms with E-state index in [1.807, 2.05) is 0 Å². The van der Waals surface area contributed by atoms with Crippen molar-refractivity contribution in [3.8, 4) is 0 Å². The Labute approximate surface area is 177 Å². The molecule has 14 nitrogen and oxygen atoms in total. The first-order valence-electron chi connectivity index (χ1n) is 5.41. The quantitative estimate of drug-likeness (QED) is 0.256. The maximum atomic E-state index is 9.63. The molecular formula is C10H12AlNaO14. The molecule has 0 bridgehead atoms. The van der Waals surface area contributed by atoms with Gasteiger partial charge >= 0.3 is 46.9 Å². The molecular weight excluding hydrogens is 394 g/mol. The van der Waals surface area contributed by atoms with Crippen molar-refractivity contribution in [1.29, 1.82) is 0 Å². The Morgan fingerprint density at radius 1 is 0.615 bits per heavy atom. The van der Waals surface area contributed by atoms with Gasteiger partial charge in [-0.3, -0.25) is 4.79 Å². The third-order valence-electron chi connectivity index (χ3n) is 1.56. The smallest absolute Gasteiger partial charge is 0.547 e. The molecule has 0 aliphatic carbocycles. The summed E-state index contributed by atoms with van der Waals surface area (Å²) in [4.78, 5) is 47.5. The van der Waals surface area contributed by atoms with E-state index in [0.717, 1.165) is 6.92 Å². The second-order valence-electron chi connectivity index (χ2n) is 3.57. The fourth-order valence-corrected chi connectivity index (χ4v) is 0.516. The van der Waals surface area contributed by atoms with Crippen molar-refractivity contribution >= 4 is 47.2 Å². The number of aliphatic hydroxyl groups excluding tert-OH is 4.